The summed E-state index contributed by atoms with van der Waals surface area (Å²) in [6.07, 6.45) is 11.0. The van der Waals surface area contributed by atoms with Gasteiger partial charge in [0.2, 0.25) is 0 Å². The van der Waals surface area contributed by atoms with Crippen molar-refractivity contribution < 1.29 is 0 Å². The van der Waals surface area contributed by atoms with E-state index in [9.17, 15) is 0 Å². The van der Waals surface area contributed by atoms with Gasteiger partial charge in [-0.1, -0.05) is 36.0 Å². The van der Waals surface area contributed by atoms with Gasteiger partial charge in [-0.25, -0.2) is 4.99 Å². The van der Waals surface area contributed by atoms with Crippen LogP contribution in [0.3, 0.4) is 0 Å². The molecule has 3 heteroatoms. The van der Waals surface area contributed by atoms with Gasteiger partial charge >= 0.3 is 0 Å². The molecular formula is C21H31N3. The predicted molar refractivity (Wildman–Crippen MR) is 105 cm³/mol. The first-order valence-corrected chi connectivity index (χ1v) is 8.77. The summed E-state index contributed by atoms with van der Waals surface area (Å²) in [5.74, 6) is 0.872. The van der Waals surface area contributed by atoms with Gasteiger partial charge in [-0.05, 0) is 60.1 Å². The third-order valence-corrected chi connectivity index (χ3v) is 4.74. The molecule has 0 aliphatic heterocycles. The van der Waals surface area contributed by atoms with Crippen molar-refractivity contribution in [2.45, 2.75) is 58.9 Å². The molecule has 0 heterocycles. The quantitative estimate of drug-likeness (QED) is 0.473. The summed E-state index contributed by atoms with van der Waals surface area (Å²) in [6.45, 7) is 17.5. The summed E-state index contributed by atoms with van der Waals surface area (Å²) in [5, 5.41) is 7.02. The molecule has 2 aliphatic rings. The maximum atomic E-state index is 4.26. The monoisotopic (exact) mass is 325 g/mol. The Hall–Kier alpha value is -2.03. The Balaban J connectivity index is 2.05. The molecule has 3 nitrogen and oxygen atoms in total. The second kappa shape index (κ2) is 7.69. The smallest absolute Gasteiger partial charge is 0.129 e. The van der Waals surface area contributed by atoms with Crippen molar-refractivity contribution in [1.29, 1.82) is 0 Å². The number of nitrogens with one attached hydrogen (secondary N) is 2. The molecule has 0 aromatic rings. The Kier molecular flexibility index (Phi) is 5.87. The predicted octanol–water partition coefficient (Wildman–Crippen LogP) is 4.78. The Morgan fingerprint density at radius 2 is 2.00 bits per heavy atom. The number of aliphatic imine (C=N–C) groups is 1. The van der Waals surface area contributed by atoms with E-state index in [2.05, 4.69) is 74.8 Å². The minimum atomic E-state index is 0.182. The zero-order valence-electron chi connectivity index (χ0n) is 15.6. The normalized spacial score (nSPS) is 18.4. The van der Waals surface area contributed by atoms with E-state index in [1.54, 1.807) is 0 Å². The number of hydrogen-bond acceptors (Lipinski definition) is 3. The first kappa shape index (κ1) is 18.3. The standard InChI is InChI=1S/C21H31N3/c1-15(2)19(16(3)20(22-6)24-21(5)12-13-21)17(4)23-14-11-18-9-7-8-10-18/h7-9,23-24H,4,6,10-14H2,1-3,5H3/b20-16-. The molecule has 2 aliphatic carbocycles. The Morgan fingerprint density at radius 1 is 1.29 bits per heavy atom. The van der Waals surface area contributed by atoms with Gasteiger partial charge in [0.1, 0.15) is 5.82 Å². The third-order valence-electron chi connectivity index (χ3n) is 4.74. The Bertz CT molecular complexity index is 636. The first-order chi connectivity index (χ1) is 11.4. The van der Waals surface area contributed by atoms with E-state index in [1.807, 2.05) is 0 Å². The number of rotatable bonds is 9. The van der Waals surface area contributed by atoms with Gasteiger partial charge in [0.05, 0.1) is 0 Å². The van der Waals surface area contributed by atoms with Crippen LogP contribution in [0.1, 0.15) is 53.4 Å². The van der Waals surface area contributed by atoms with E-state index in [-0.39, 0.29) is 5.54 Å². The number of hydrogen-bond donors (Lipinski definition) is 2. The number of allylic oxidation sites excluding steroid dienone is 5. The zero-order valence-corrected chi connectivity index (χ0v) is 15.6. The van der Waals surface area contributed by atoms with Crippen molar-refractivity contribution >= 4 is 6.72 Å². The van der Waals surface area contributed by atoms with Crippen LogP contribution in [0.4, 0.5) is 0 Å². The molecule has 0 amide bonds. The molecule has 2 N–H and O–H groups in total. The molecule has 24 heavy (non-hydrogen) atoms. The molecule has 0 bridgehead atoms. The highest BCUT2D eigenvalue weighted by Crippen LogP contribution is 2.36. The van der Waals surface area contributed by atoms with Gasteiger partial charge < -0.3 is 10.6 Å². The Morgan fingerprint density at radius 3 is 2.50 bits per heavy atom. The van der Waals surface area contributed by atoms with Crippen molar-refractivity contribution in [3.63, 3.8) is 0 Å². The van der Waals surface area contributed by atoms with Crippen molar-refractivity contribution in [3.8, 4) is 0 Å². The highest BCUT2D eigenvalue weighted by atomic mass is 15.1. The van der Waals surface area contributed by atoms with E-state index in [1.165, 1.54) is 24.0 Å². The SMILES string of the molecule is C=N/C(NC1(C)CC1)=C(\C)C(C(=C)NCCC1=CC=CC1)=C(C)C. The summed E-state index contributed by atoms with van der Waals surface area (Å²) >= 11 is 0. The van der Waals surface area contributed by atoms with Crippen LogP contribution in [0, 0.1) is 0 Å². The molecule has 0 spiro atoms. The molecule has 0 atom stereocenters. The lowest BCUT2D eigenvalue weighted by Gasteiger charge is -2.21. The van der Waals surface area contributed by atoms with Crippen LogP contribution >= 0.6 is 0 Å². The molecule has 0 unspecified atom stereocenters. The fraction of sp³-hybridized carbons (Fsp3) is 0.476. The fourth-order valence-corrected chi connectivity index (χ4v) is 3.01. The highest BCUT2D eigenvalue weighted by Gasteiger charge is 2.38. The lowest BCUT2D eigenvalue weighted by molar-refractivity contribution is 0.601. The van der Waals surface area contributed by atoms with Gasteiger partial charge in [0.15, 0.2) is 0 Å². The van der Waals surface area contributed by atoms with E-state index in [0.717, 1.165) is 42.1 Å². The van der Waals surface area contributed by atoms with Gasteiger partial charge in [-0.15, -0.1) is 0 Å². The average Bonchev–Trinajstić information content (AvgIpc) is 3.03. The van der Waals surface area contributed by atoms with E-state index in [0.29, 0.717) is 0 Å². The molecule has 0 aromatic heterocycles. The summed E-state index contributed by atoms with van der Waals surface area (Å²) in [4.78, 5) is 4.24. The Labute approximate surface area is 147 Å². The van der Waals surface area contributed by atoms with Gasteiger partial charge in [-0.2, -0.15) is 0 Å². The van der Waals surface area contributed by atoms with E-state index >= 15 is 0 Å². The van der Waals surface area contributed by atoms with Crippen LogP contribution in [0.2, 0.25) is 0 Å². The van der Waals surface area contributed by atoms with Crippen LogP contribution in [-0.4, -0.2) is 18.8 Å². The minimum absolute atomic E-state index is 0.182. The molecule has 130 valence electrons. The highest BCUT2D eigenvalue weighted by molar-refractivity contribution is 5.49. The number of nitrogens with zero attached hydrogens (tertiary/aromatic N) is 1. The minimum Gasteiger partial charge on any atom is -0.385 e. The van der Waals surface area contributed by atoms with Crippen LogP contribution in [0.5, 0.6) is 0 Å². The maximum Gasteiger partial charge on any atom is 0.129 e. The summed E-state index contributed by atoms with van der Waals surface area (Å²) in [6, 6.07) is 0. The molecule has 0 saturated heterocycles. The van der Waals surface area contributed by atoms with Crippen molar-refractivity contribution in [2.75, 3.05) is 6.54 Å². The first-order valence-electron chi connectivity index (χ1n) is 8.77. The second-order valence-electron chi connectivity index (χ2n) is 7.30. The molecular weight excluding hydrogens is 294 g/mol. The maximum absolute atomic E-state index is 4.26. The average molecular weight is 326 g/mol. The zero-order chi connectivity index (χ0) is 17.7. The van der Waals surface area contributed by atoms with E-state index in [4.69, 9.17) is 0 Å². The molecule has 1 saturated carbocycles. The second-order valence-corrected chi connectivity index (χ2v) is 7.30. The summed E-state index contributed by atoms with van der Waals surface area (Å²) < 4.78 is 0. The van der Waals surface area contributed by atoms with Crippen LogP contribution < -0.4 is 10.6 Å². The topological polar surface area (TPSA) is 36.4 Å². The van der Waals surface area contributed by atoms with Crippen molar-refractivity contribution in [2.24, 2.45) is 4.99 Å². The van der Waals surface area contributed by atoms with Crippen LogP contribution in [0.15, 0.2) is 63.6 Å². The molecule has 1 fully saturated rings. The summed E-state index contributed by atoms with van der Waals surface area (Å²) in [5.41, 5.74) is 6.10. The van der Waals surface area contributed by atoms with Gasteiger partial charge in [-0.3, -0.25) is 0 Å². The fourth-order valence-electron chi connectivity index (χ4n) is 3.01. The lowest BCUT2D eigenvalue weighted by atomic mass is 9.99. The molecule has 2 rings (SSSR count). The summed E-state index contributed by atoms with van der Waals surface area (Å²) in [7, 11) is 0. The molecule has 0 aromatic carbocycles. The van der Waals surface area contributed by atoms with Gasteiger partial charge in [0, 0.05) is 28.9 Å². The van der Waals surface area contributed by atoms with Crippen molar-refractivity contribution in [3.05, 3.63) is 58.6 Å². The van der Waals surface area contributed by atoms with Crippen LogP contribution in [-0.2, 0) is 0 Å². The lowest BCUT2D eigenvalue weighted by Crippen LogP contribution is -2.28. The third kappa shape index (κ3) is 4.73. The van der Waals surface area contributed by atoms with Gasteiger partial charge in [0.25, 0.3) is 0 Å². The van der Waals surface area contributed by atoms with Crippen molar-refractivity contribution in [1.82, 2.24) is 10.6 Å². The van der Waals surface area contributed by atoms with Crippen LogP contribution in [0.25, 0.3) is 0 Å². The largest absolute Gasteiger partial charge is 0.385 e. The molecule has 0 radical (unpaired) electrons. The van der Waals surface area contributed by atoms with E-state index < -0.39 is 0 Å².